The normalized spacial score (nSPS) is 11.3. The Morgan fingerprint density at radius 2 is 1.97 bits per heavy atom. The summed E-state index contributed by atoms with van der Waals surface area (Å²) in [7, 11) is 0. The molecule has 0 spiro atoms. The van der Waals surface area contributed by atoms with Crippen LogP contribution in [0.1, 0.15) is 32.9 Å². The van der Waals surface area contributed by atoms with Crippen molar-refractivity contribution >= 4 is 23.3 Å². The van der Waals surface area contributed by atoms with Crippen LogP contribution in [0.5, 0.6) is 5.75 Å². The summed E-state index contributed by atoms with van der Waals surface area (Å²) < 4.78 is 48.9. The van der Waals surface area contributed by atoms with Crippen LogP contribution in [-0.4, -0.2) is 29.1 Å². The van der Waals surface area contributed by atoms with Gasteiger partial charge in [0, 0.05) is 19.3 Å². The molecule has 11 heteroatoms. The minimum Gasteiger partial charge on any atom is -0.488 e. The summed E-state index contributed by atoms with van der Waals surface area (Å²) in [4.78, 5) is 16.3. The first kappa shape index (κ1) is 23.4. The van der Waals surface area contributed by atoms with E-state index in [1.54, 1.807) is 38.1 Å². The minimum atomic E-state index is -4.52. The van der Waals surface area contributed by atoms with Crippen LogP contribution in [0.25, 0.3) is 0 Å². The summed E-state index contributed by atoms with van der Waals surface area (Å²) in [5, 5.41) is 9.22. The molecule has 2 N–H and O–H groups in total. The number of pyridine rings is 1. The van der Waals surface area contributed by atoms with E-state index in [-0.39, 0.29) is 36.4 Å². The Kier molecular flexibility index (Phi) is 7.24. The number of anilines is 1. The lowest BCUT2D eigenvalue weighted by Gasteiger charge is -2.13. The summed E-state index contributed by atoms with van der Waals surface area (Å²) in [5.74, 6) is 0.765. The Morgan fingerprint density at radius 1 is 1.22 bits per heavy atom. The van der Waals surface area contributed by atoms with Crippen LogP contribution in [0.3, 0.4) is 0 Å². The number of aryl methyl sites for hydroxylation is 2. The third-order valence-corrected chi connectivity index (χ3v) is 4.84. The molecule has 32 heavy (non-hydrogen) atoms. The van der Waals surface area contributed by atoms with E-state index in [1.165, 1.54) is 0 Å². The lowest BCUT2D eigenvalue weighted by atomic mass is 10.2. The van der Waals surface area contributed by atoms with Gasteiger partial charge in [-0.1, -0.05) is 28.9 Å². The molecule has 1 aromatic carbocycles. The number of hydrogen-bond donors (Lipinski definition) is 2. The van der Waals surface area contributed by atoms with Crippen LogP contribution in [0.15, 0.2) is 41.1 Å². The molecule has 0 aliphatic rings. The first-order valence-corrected chi connectivity index (χ1v) is 9.93. The maximum Gasteiger partial charge on any atom is 0.417 e. The molecule has 0 unspecified atom stereocenters. The van der Waals surface area contributed by atoms with E-state index in [0.29, 0.717) is 29.0 Å². The molecular weight excluding hydrogens is 449 g/mol. The molecule has 0 radical (unpaired) electrons. The maximum atomic E-state index is 12.7. The van der Waals surface area contributed by atoms with E-state index in [9.17, 15) is 18.0 Å². The van der Waals surface area contributed by atoms with Crippen LogP contribution in [0, 0.1) is 13.8 Å². The Morgan fingerprint density at radius 3 is 2.62 bits per heavy atom. The highest BCUT2D eigenvalue weighted by molar-refractivity contribution is 6.32. The summed E-state index contributed by atoms with van der Waals surface area (Å²) >= 11 is 5.85. The molecule has 0 aliphatic carbocycles. The van der Waals surface area contributed by atoms with Crippen molar-refractivity contribution in [2.75, 3.05) is 18.4 Å². The van der Waals surface area contributed by atoms with Crippen LogP contribution in [0.2, 0.25) is 5.02 Å². The second kappa shape index (κ2) is 9.90. The summed E-state index contributed by atoms with van der Waals surface area (Å²) in [6.07, 6.45) is -3.83. The van der Waals surface area contributed by atoms with Gasteiger partial charge in [-0.15, -0.1) is 0 Å². The smallest absolute Gasteiger partial charge is 0.417 e. The Balaban J connectivity index is 1.54. The topological polar surface area (TPSA) is 89.3 Å². The molecule has 0 atom stereocenters. The van der Waals surface area contributed by atoms with Gasteiger partial charge in [0.1, 0.15) is 23.9 Å². The standard InChI is InChI=1S/C21H20ClF3N4O3/c1-12-16(13(2)32-29-12)11-31-18-6-4-3-5-15(18)20(30)27-8-7-26-19-17(22)9-14(10-28-19)21(23,24)25/h3-6,9-10H,7-8,11H2,1-2H3,(H,26,28)(H,27,30). The van der Waals surface area contributed by atoms with E-state index in [1.807, 2.05) is 0 Å². The highest BCUT2D eigenvalue weighted by Gasteiger charge is 2.31. The number of nitrogens with one attached hydrogen (secondary N) is 2. The number of alkyl halides is 3. The van der Waals surface area contributed by atoms with Gasteiger partial charge in [-0.25, -0.2) is 4.98 Å². The summed E-state index contributed by atoms with van der Waals surface area (Å²) in [5.41, 5.74) is 0.927. The highest BCUT2D eigenvalue weighted by Crippen LogP contribution is 2.32. The van der Waals surface area contributed by atoms with Crippen molar-refractivity contribution in [1.29, 1.82) is 0 Å². The lowest BCUT2D eigenvalue weighted by Crippen LogP contribution is -2.29. The second-order valence-electron chi connectivity index (χ2n) is 6.82. The average molecular weight is 469 g/mol. The van der Waals surface area contributed by atoms with Gasteiger partial charge in [0.15, 0.2) is 0 Å². The number of hydrogen-bond acceptors (Lipinski definition) is 6. The number of rotatable bonds is 8. The fraction of sp³-hybridized carbons (Fsp3) is 0.286. The van der Waals surface area contributed by atoms with Gasteiger partial charge >= 0.3 is 6.18 Å². The van der Waals surface area contributed by atoms with E-state index in [4.69, 9.17) is 20.9 Å². The molecule has 3 aromatic rings. The molecule has 0 saturated heterocycles. The zero-order chi connectivity index (χ0) is 23.3. The van der Waals surface area contributed by atoms with E-state index in [2.05, 4.69) is 20.8 Å². The fourth-order valence-corrected chi connectivity index (χ4v) is 3.05. The van der Waals surface area contributed by atoms with Crippen molar-refractivity contribution in [2.45, 2.75) is 26.6 Å². The first-order valence-electron chi connectivity index (χ1n) is 9.55. The molecule has 1 amide bonds. The van der Waals surface area contributed by atoms with Gasteiger partial charge in [0.05, 0.1) is 27.4 Å². The third kappa shape index (κ3) is 5.70. The average Bonchev–Trinajstić information content (AvgIpc) is 3.07. The molecule has 0 bridgehead atoms. The monoisotopic (exact) mass is 468 g/mol. The number of aromatic nitrogens is 2. The number of carbonyl (C=O) groups excluding carboxylic acids is 1. The molecule has 2 aromatic heterocycles. The fourth-order valence-electron chi connectivity index (χ4n) is 2.81. The quantitative estimate of drug-likeness (QED) is 0.462. The van der Waals surface area contributed by atoms with Crippen molar-refractivity contribution in [3.63, 3.8) is 0 Å². The van der Waals surface area contributed by atoms with Gasteiger partial charge in [-0.05, 0) is 32.0 Å². The molecule has 0 saturated carbocycles. The van der Waals surface area contributed by atoms with Crippen LogP contribution >= 0.6 is 11.6 Å². The zero-order valence-corrected chi connectivity index (χ0v) is 18.0. The Bertz CT molecular complexity index is 1080. The number of benzene rings is 1. The van der Waals surface area contributed by atoms with Crippen molar-refractivity contribution < 1.29 is 27.2 Å². The van der Waals surface area contributed by atoms with Crippen molar-refractivity contribution in [3.8, 4) is 5.75 Å². The van der Waals surface area contributed by atoms with Gasteiger partial charge in [-0.2, -0.15) is 13.2 Å². The molecule has 7 nitrogen and oxygen atoms in total. The second-order valence-corrected chi connectivity index (χ2v) is 7.23. The molecule has 0 fully saturated rings. The van der Waals surface area contributed by atoms with Gasteiger partial charge < -0.3 is 19.9 Å². The number of nitrogens with zero attached hydrogens (tertiary/aromatic N) is 2. The molecule has 0 aliphatic heterocycles. The van der Waals surface area contributed by atoms with Gasteiger partial charge in [0.25, 0.3) is 5.91 Å². The predicted molar refractivity (Wildman–Crippen MR) is 112 cm³/mol. The predicted octanol–water partition coefficient (Wildman–Crippen LogP) is 4.78. The lowest BCUT2D eigenvalue weighted by molar-refractivity contribution is -0.137. The van der Waals surface area contributed by atoms with Gasteiger partial charge in [-0.3, -0.25) is 4.79 Å². The maximum absolute atomic E-state index is 12.7. The minimum absolute atomic E-state index is 0.0945. The number of para-hydroxylation sites is 1. The Labute approximate surface area is 186 Å². The number of halogens is 4. The van der Waals surface area contributed by atoms with Crippen LogP contribution < -0.4 is 15.4 Å². The SMILES string of the molecule is Cc1noc(C)c1COc1ccccc1C(=O)NCCNc1ncc(C(F)(F)F)cc1Cl. The Hall–Kier alpha value is -3.27. The van der Waals surface area contributed by atoms with Crippen LogP contribution in [0.4, 0.5) is 19.0 Å². The summed E-state index contributed by atoms with van der Waals surface area (Å²) in [6.45, 7) is 4.16. The molecule has 3 rings (SSSR count). The molecular formula is C21H20ClF3N4O3. The first-order chi connectivity index (χ1) is 15.2. The highest BCUT2D eigenvalue weighted by atomic mass is 35.5. The third-order valence-electron chi connectivity index (χ3n) is 4.56. The summed E-state index contributed by atoms with van der Waals surface area (Å²) in [6, 6.07) is 7.56. The van der Waals surface area contributed by atoms with Crippen molar-refractivity contribution in [3.05, 3.63) is 69.7 Å². The van der Waals surface area contributed by atoms with E-state index < -0.39 is 11.7 Å². The largest absolute Gasteiger partial charge is 0.488 e. The van der Waals surface area contributed by atoms with Crippen LogP contribution in [-0.2, 0) is 12.8 Å². The number of ether oxygens (including phenoxy) is 1. The van der Waals surface area contributed by atoms with Gasteiger partial charge in [0.2, 0.25) is 0 Å². The molecule has 2 heterocycles. The number of amides is 1. The van der Waals surface area contributed by atoms with E-state index >= 15 is 0 Å². The zero-order valence-electron chi connectivity index (χ0n) is 17.2. The number of carbonyl (C=O) groups is 1. The van der Waals surface area contributed by atoms with Crippen molar-refractivity contribution in [1.82, 2.24) is 15.5 Å². The van der Waals surface area contributed by atoms with E-state index in [0.717, 1.165) is 11.6 Å². The molecule has 170 valence electrons. The van der Waals surface area contributed by atoms with Crippen molar-refractivity contribution in [2.24, 2.45) is 0 Å².